The summed E-state index contributed by atoms with van der Waals surface area (Å²) in [5.74, 6) is -0.586. The molecule has 0 saturated heterocycles. The highest BCUT2D eigenvalue weighted by atomic mass is 79.9. The van der Waals surface area contributed by atoms with Crippen molar-refractivity contribution in [3.05, 3.63) is 74.2 Å². The van der Waals surface area contributed by atoms with Crippen LogP contribution in [0.1, 0.15) is 0 Å². The van der Waals surface area contributed by atoms with Gasteiger partial charge in [0.2, 0.25) is 0 Å². The van der Waals surface area contributed by atoms with E-state index in [0.717, 1.165) is 4.57 Å². The lowest BCUT2D eigenvalue weighted by molar-refractivity contribution is 0.611. The van der Waals surface area contributed by atoms with Crippen LogP contribution in [0.25, 0.3) is 5.69 Å². The Bertz CT molecular complexity index is 749. The summed E-state index contributed by atoms with van der Waals surface area (Å²) in [6.45, 7) is 3.73. The van der Waals surface area contributed by atoms with Crippen molar-refractivity contribution in [2.45, 2.75) is 6.54 Å². The van der Waals surface area contributed by atoms with Crippen LogP contribution in [0.3, 0.4) is 0 Å². The molecule has 0 N–H and O–H groups in total. The SMILES string of the molecule is C=CCn1ccn(-c2ccc(Br)cc2F)c(=O)c1=O. The minimum absolute atomic E-state index is 0.0380. The van der Waals surface area contributed by atoms with Crippen molar-refractivity contribution in [1.82, 2.24) is 9.13 Å². The van der Waals surface area contributed by atoms with E-state index in [9.17, 15) is 14.0 Å². The first kappa shape index (κ1) is 13.5. The third-order valence-electron chi connectivity index (χ3n) is 2.55. The van der Waals surface area contributed by atoms with E-state index < -0.39 is 16.9 Å². The number of rotatable bonds is 3. The zero-order valence-electron chi connectivity index (χ0n) is 9.85. The lowest BCUT2D eigenvalue weighted by Gasteiger charge is -2.08. The number of nitrogens with zero attached hydrogens (tertiary/aromatic N) is 2. The number of aromatic nitrogens is 2. The molecule has 6 heteroatoms. The molecule has 0 aliphatic heterocycles. The van der Waals surface area contributed by atoms with Crippen LogP contribution < -0.4 is 11.1 Å². The lowest BCUT2D eigenvalue weighted by atomic mass is 10.3. The maximum absolute atomic E-state index is 13.8. The zero-order chi connectivity index (χ0) is 14.0. The molecule has 4 nitrogen and oxygen atoms in total. The average Bonchev–Trinajstić information content (AvgIpc) is 2.37. The summed E-state index contributed by atoms with van der Waals surface area (Å²) in [6.07, 6.45) is 4.29. The van der Waals surface area contributed by atoms with Crippen LogP contribution >= 0.6 is 15.9 Å². The highest BCUT2D eigenvalue weighted by Gasteiger charge is 2.10. The molecule has 1 aromatic carbocycles. The van der Waals surface area contributed by atoms with E-state index in [1.807, 2.05) is 0 Å². The number of hydrogen-bond donors (Lipinski definition) is 0. The number of halogens is 2. The first-order valence-electron chi connectivity index (χ1n) is 5.43. The minimum Gasteiger partial charge on any atom is -0.306 e. The van der Waals surface area contributed by atoms with Crippen LogP contribution in [0.15, 0.2) is 57.3 Å². The molecule has 0 fully saturated rings. The molecule has 0 radical (unpaired) electrons. The van der Waals surface area contributed by atoms with E-state index in [4.69, 9.17) is 0 Å². The Hall–Kier alpha value is -1.95. The number of hydrogen-bond acceptors (Lipinski definition) is 2. The molecule has 0 spiro atoms. The Balaban J connectivity index is 2.64. The summed E-state index contributed by atoms with van der Waals surface area (Å²) < 4.78 is 16.5. The third kappa shape index (κ3) is 2.58. The van der Waals surface area contributed by atoms with Crippen molar-refractivity contribution >= 4 is 15.9 Å². The fourth-order valence-electron chi connectivity index (χ4n) is 1.66. The van der Waals surface area contributed by atoms with Gasteiger partial charge in [0.15, 0.2) is 0 Å². The molecule has 1 heterocycles. The molecule has 0 saturated carbocycles. The van der Waals surface area contributed by atoms with Gasteiger partial charge in [-0.2, -0.15) is 0 Å². The molecule has 98 valence electrons. The van der Waals surface area contributed by atoms with Crippen molar-refractivity contribution in [1.29, 1.82) is 0 Å². The van der Waals surface area contributed by atoms with Gasteiger partial charge in [0.05, 0.1) is 5.69 Å². The summed E-state index contributed by atoms with van der Waals surface area (Å²) in [7, 11) is 0. The topological polar surface area (TPSA) is 44.0 Å². The second kappa shape index (κ2) is 5.36. The highest BCUT2D eigenvalue weighted by Crippen LogP contribution is 2.17. The van der Waals surface area contributed by atoms with Gasteiger partial charge in [-0.1, -0.05) is 22.0 Å². The Morgan fingerprint density at radius 2 is 2.00 bits per heavy atom. The van der Waals surface area contributed by atoms with Crippen LogP contribution in [0.5, 0.6) is 0 Å². The van der Waals surface area contributed by atoms with E-state index in [-0.39, 0.29) is 12.2 Å². The summed E-state index contributed by atoms with van der Waals surface area (Å²) in [4.78, 5) is 23.7. The fourth-order valence-corrected chi connectivity index (χ4v) is 1.99. The van der Waals surface area contributed by atoms with Crippen LogP contribution in [-0.2, 0) is 6.54 Å². The molecule has 0 atom stereocenters. The van der Waals surface area contributed by atoms with E-state index >= 15 is 0 Å². The molecule has 0 aliphatic rings. The van der Waals surface area contributed by atoms with Gasteiger partial charge in [0.25, 0.3) is 0 Å². The lowest BCUT2D eigenvalue weighted by Crippen LogP contribution is -2.40. The van der Waals surface area contributed by atoms with E-state index in [0.29, 0.717) is 4.47 Å². The Morgan fingerprint density at radius 3 is 2.63 bits per heavy atom. The van der Waals surface area contributed by atoms with Gasteiger partial charge in [-0.15, -0.1) is 6.58 Å². The van der Waals surface area contributed by atoms with Gasteiger partial charge in [0.1, 0.15) is 5.82 Å². The first-order chi connectivity index (χ1) is 9.04. The molecular weight excluding hydrogens is 315 g/mol. The van der Waals surface area contributed by atoms with Crippen LogP contribution in [-0.4, -0.2) is 9.13 Å². The Labute approximate surface area is 116 Å². The van der Waals surface area contributed by atoms with Gasteiger partial charge in [0, 0.05) is 23.4 Å². The van der Waals surface area contributed by atoms with Crippen LogP contribution in [0.4, 0.5) is 4.39 Å². The van der Waals surface area contributed by atoms with Gasteiger partial charge in [-0.05, 0) is 18.2 Å². The highest BCUT2D eigenvalue weighted by molar-refractivity contribution is 9.10. The molecule has 2 rings (SSSR count). The second-order valence-electron chi connectivity index (χ2n) is 3.82. The first-order valence-corrected chi connectivity index (χ1v) is 6.22. The van der Waals surface area contributed by atoms with Gasteiger partial charge in [-0.25, -0.2) is 4.39 Å². The van der Waals surface area contributed by atoms with Crippen molar-refractivity contribution in [2.75, 3.05) is 0 Å². The maximum Gasteiger partial charge on any atom is 0.321 e. The van der Waals surface area contributed by atoms with Crippen LogP contribution in [0.2, 0.25) is 0 Å². The summed E-state index contributed by atoms with van der Waals surface area (Å²) in [6, 6.07) is 4.26. The molecule has 2 aromatic rings. The fraction of sp³-hybridized carbons (Fsp3) is 0.0769. The van der Waals surface area contributed by atoms with Crippen LogP contribution in [0, 0.1) is 5.82 Å². The smallest absolute Gasteiger partial charge is 0.306 e. The summed E-state index contributed by atoms with van der Waals surface area (Å²) in [5, 5.41) is 0. The van der Waals surface area contributed by atoms with E-state index in [1.54, 1.807) is 6.07 Å². The van der Waals surface area contributed by atoms with Gasteiger partial charge < -0.3 is 4.57 Å². The monoisotopic (exact) mass is 324 g/mol. The minimum atomic E-state index is -0.800. The molecular formula is C13H10BrFN2O2. The van der Waals surface area contributed by atoms with E-state index in [2.05, 4.69) is 22.5 Å². The van der Waals surface area contributed by atoms with Crippen molar-refractivity contribution in [3.63, 3.8) is 0 Å². The largest absolute Gasteiger partial charge is 0.321 e. The predicted octanol–water partition coefficient (Wildman–Crippen LogP) is 2.09. The summed E-state index contributed by atoms with van der Waals surface area (Å²) >= 11 is 3.13. The molecule has 0 aliphatic carbocycles. The van der Waals surface area contributed by atoms with Crippen molar-refractivity contribution < 1.29 is 4.39 Å². The molecule has 1 aromatic heterocycles. The quantitative estimate of drug-likeness (QED) is 0.641. The second-order valence-corrected chi connectivity index (χ2v) is 4.73. The maximum atomic E-state index is 13.8. The summed E-state index contributed by atoms with van der Waals surface area (Å²) in [5.41, 5.74) is -1.48. The van der Waals surface area contributed by atoms with Gasteiger partial charge in [-0.3, -0.25) is 14.2 Å². The average molecular weight is 325 g/mol. The molecule has 0 amide bonds. The Morgan fingerprint density at radius 1 is 1.26 bits per heavy atom. The number of allylic oxidation sites excluding steroid dienone is 1. The Kier molecular flexibility index (Phi) is 3.80. The molecule has 0 unspecified atom stereocenters. The van der Waals surface area contributed by atoms with Gasteiger partial charge >= 0.3 is 11.1 Å². The van der Waals surface area contributed by atoms with Crippen molar-refractivity contribution in [3.8, 4) is 5.69 Å². The number of benzene rings is 1. The van der Waals surface area contributed by atoms with E-state index in [1.165, 1.54) is 35.2 Å². The standard InChI is InChI=1S/C13H10BrFN2O2/c1-2-5-16-6-7-17(13(19)12(16)18)11-4-3-9(14)8-10(11)15/h2-4,6-8H,1,5H2. The van der Waals surface area contributed by atoms with Crippen molar-refractivity contribution in [2.24, 2.45) is 0 Å². The zero-order valence-corrected chi connectivity index (χ0v) is 11.4. The molecule has 0 bridgehead atoms. The molecule has 19 heavy (non-hydrogen) atoms. The normalized spacial score (nSPS) is 10.4. The third-order valence-corrected chi connectivity index (χ3v) is 3.05. The predicted molar refractivity (Wildman–Crippen MR) is 74.2 cm³/mol.